The largest absolute Gasteiger partial charge is 0.383 e. The molecule has 0 unspecified atom stereocenters. The van der Waals surface area contributed by atoms with Crippen LogP contribution in [0.15, 0.2) is 28.9 Å². The molecule has 1 aromatic carbocycles. The quantitative estimate of drug-likeness (QED) is 0.910. The molecule has 0 radical (unpaired) electrons. The fourth-order valence-corrected chi connectivity index (χ4v) is 3.13. The number of aryl methyl sites for hydroxylation is 1. The first-order valence-electron chi connectivity index (χ1n) is 6.65. The number of hydrogen-bond donors (Lipinski definition) is 1. The number of hydrogen-bond acceptors (Lipinski definition) is 2. The van der Waals surface area contributed by atoms with Gasteiger partial charge in [0.05, 0.1) is 6.20 Å². The van der Waals surface area contributed by atoms with Crippen LogP contribution in [0.4, 0.5) is 5.82 Å². The smallest absolute Gasteiger partial charge is 0.129 e. The van der Waals surface area contributed by atoms with Crippen LogP contribution >= 0.6 is 15.9 Å². The van der Waals surface area contributed by atoms with Crippen LogP contribution in [-0.4, -0.2) is 9.78 Å². The van der Waals surface area contributed by atoms with Crippen LogP contribution in [0.1, 0.15) is 38.2 Å². The highest BCUT2D eigenvalue weighted by atomic mass is 79.9. The lowest BCUT2D eigenvalue weighted by Gasteiger charge is -2.15. The Morgan fingerprint density at radius 3 is 2.47 bits per heavy atom. The molecular formula is C15H20BrN3. The van der Waals surface area contributed by atoms with E-state index in [9.17, 15) is 0 Å². The van der Waals surface area contributed by atoms with Gasteiger partial charge >= 0.3 is 0 Å². The molecule has 0 saturated heterocycles. The number of benzene rings is 1. The van der Waals surface area contributed by atoms with Crippen molar-refractivity contribution >= 4 is 21.7 Å². The van der Waals surface area contributed by atoms with Crippen molar-refractivity contribution in [1.82, 2.24) is 9.78 Å². The zero-order chi connectivity index (χ0) is 14.0. The second-order valence-electron chi connectivity index (χ2n) is 4.82. The second-order valence-corrected chi connectivity index (χ2v) is 5.67. The second kappa shape index (κ2) is 5.78. The van der Waals surface area contributed by atoms with Crippen LogP contribution in [-0.2, 0) is 7.05 Å². The Morgan fingerprint density at radius 2 is 2.00 bits per heavy atom. The standard InChI is InChI=1S/C15H20BrN3/c1-4-10(5-2)12-7-6-11(8-14(12)16)13-9-18-19(3)15(13)17/h6-10H,4-5,17H2,1-3H3. The van der Waals surface area contributed by atoms with Crippen molar-refractivity contribution in [2.24, 2.45) is 7.05 Å². The highest BCUT2D eigenvalue weighted by Gasteiger charge is 2.13. The summed E-state index contributed by atoms with van der Waals surface area (Å²) in [5.41, 5.74) is 9.48. The first kappa shape index (κ1) is 14.1. The minimum atomic E-state index is 0.606. The average molecular weight is 322 g/mol. The predicted molar refractivity (Wildman–Crippen MR) is 84.1 cm³/mol. The molecule has 0 aliphatic carbocycles. The fourth-order valence-electron chi connectivity index (χ4n) is 2.42. The Morgan fingerprint density at radius 1 is 1.32 bits per heavy atom. The number of nitrogen functional groups attached to an aromatic ring is 1. The molecule has 0 atom stereocenters. The van der Waals surface area contributed by atoms with Crippen LogP contribution in [0.3, 0.4) is 0 Å². The topological polar surface area (TPSA) is 43.8 Å². The van der Waals surface area contributed by atoms with Crippen molar-refractivity contribution in [3.63, 3.8) is 0 Å². The lowest BCUT2D eigenvalue weighted by Crippen LogP contribution is -1.99. The predicted octanol–water partition coefficient (Wildman–Crippen LogP) is 4.34. The molecule has 4 heteroatoms. The van der Waals surface area contributed by atoms with Gasteiger partial charge in [-0.1, -0.05) is 41.9 Å². The molecule has 0 aliphatic heterocycles. The van der Waals surface area contributed by atoms with Crippen molar-refractivity contribution in [2.75, 3.05) is 5.73 Å². The minimum absolute atomic E-state index is 0.606. The summed E-state index contributed by atoms with van der Waals surface area (Å²) in [5, 5.41) is 4.19. The van der Waals surface area contributed by atoms with Crippen molar-refractivity contribution in [2.45, 2.75) is 32.6 Å². The number of halogens is 1. The molecule has 1 aromatic heterocycles. The summed E-state index contributed by atoms with van der Waals surface area (Å²) in [6.07, 6.45) is 4.13. The molecule has 1 heterocycles. The third-order valence-electron chi connectivity index (χ3n) is 3.72. The zero-order valence-corrected chi connectivity index (χ0v) is 13.2. The molecule has 0 amide bonds. The molecule has 0 bridgehead atoms. The SMILES string of the molecule is CCC(CC)c1ccc(-c2cnn(C)c2N)cc1Br. The number of nitrogens with zero attached hydrogens (tertiary/aromatic N) is 2. The summed E-state index contributed by atoms with van der Waals surface area (Å²) in [4.78, 5) is 0. The molecule has 0 fully saturated rings. The monoisotopic (exact) mass is 321 g/mol. The Hall–Kier alpha value is -1.29. The van der Waals surface area contributed by atoms with E-state index in [2.05, 4.69) is 53.1 Å². The van der Waals surface area contributed by atoms with Crippen molar-refractivity contribution in [1.29, 1.82) is 0 Å². The number of aromatic nitrogens is 2. The van der Waals surface area contributed by atoms with Gasteiger partial charge in [0, 0.05) is 17.1 Å². The third kappa shape index (κ3) is 2.68. The summed E-state index contributed by atoms with van der Waals surface area (Å²) in [6.45, 7) is 4.46. The van der Waals surface area contributed by atoms with Gasteiger partial charge in [0.1, 0.15) is 5.82 Å². The molecule has 2 rings (SSSR count). The zero-order valence-electron chi connectivity index (χ0n) is 11.7. The fraction of sp³-hybridized carbons (Fsp3) is 0.400. The lowest BCUT2D eigenvalue weighted by atomic mass is 9.92. The van der Waals surface area contributed by atoms with Crippen LogP contribution in [0.5, 0.6) is 0 Å². The van der Waals surface area contributed by atoms with Gasteiger partial charge in [-0.15, -0.1) is 0 Å². The summed E-state index contributed by atoms with van der Waals surface area (Å²) in [7, 11) is 1.85. The summed E-state index contributed by atoms with van der Waals surface area (Å²) >= 11 is 3.69. The molecule has 2 N–H and O–H groups in total. The molecule has 2 aromatic rings. The number of rotatable bonds is 4. The van der Waals surface area contributed by atoms with E-state index in [1.807, 2.05) is 13.2 Å². The maximum Gasteiger partial charge on any atom is 0.129 e. The normalized spacial score (nSPS) is 11.2. The highest BCUT2D eigenvalue weighted by molar-refractivity contribution is 9.10. The maximum atomic E-state index is 6.02. The number of anilines is 1. The molecule has 19 heavy (non-hydrogen) atoms. The van der Waals surface area contributed by atoms with Gasteiger partial charge in [0.25, 0.3) is 0 Å². The van der Waals surface area contributed by atoms with Crippen LogP contribution < -0.4 is 5.73 Å². The maximum absolute atomic E-state index is 6.02. The van der Waals surface area contributed by atoms with Crippen molar-refractivity contribution in [3.05, 3.63) is 34.4 Å². The molecule has 0 spiro atoms. The van der Waals surface area contributed by atoms with E-state index in [0.29, 0.717) is 11.7 Å². The molecule has 0 saturated carbocycles. The Bertz CT molecular complexity index is 571. The highest BCUT2D eigenvalue weighted by Crippen LogP contribution is 2.34. The summed E-state index contributed by atoms with van der Waals surface area (Å²) in [6, 6.07) is 6.47. The van der Waals surface area contributed by atoms with Crippen LogP contribution in [0.2, 0.25) is 0 Å². The van der Waals surface area contributed by atoms with E-state index in [1.165, 1.54) is 5.56 Å². The van der Waals surface area contributed by atoms with Gasteiger partial charge in [0.2, 0.25) is 0 Å². The first-order chi connectivity index (χ1) is 9.08. The molecule has 3 nitrogen and oxygen atoms in total. The van der Waals surface area contributed by atoms with Gasteiger partial charge in [-0.05, 0) is 36.0 Å². The minimum Gasteiger partial charge on any atom is -0.383 e. The Kier molecular flexibility index (Phi) is 4.30. The van der Waals surface area contributed by atoms with E-state index in [0.717, 1.165) is 28.4 Å². The van der Waals surface area contributed by atoms with Crippen LogP contribution in [0.25, 0.3) is 11.1 Å². The summed E-state index contributed by atoms with van der Waals surface area (Å²) in [5.74, 6) is 1.30. The van der Waals surface area contributed by atoms with Gasteiger partial charge in [0.15, 0.2) is 0 Å². The van der Waals surface area contributed by atoms with Crippen molar-refractivity contribution < 1.29 is 0 Å². The van der Waals surface area contributed by atoms with Gasteiger partial charge in [-0.3, -0.25) is 4.68 Å². The third-order valence-corrected chi connectivity index (χ3v) is 4.41. The van der Waals surface area contributed by atoms with Crippen LogP contribution in [0, 0.1) is 0 Å². The molecule has 102 valence electrons. The van der Waals surface area contributed by atoms with E-state index in [4.69, 9.17) is 5.73 Å². The summed E-state index contributed by atoms with van der Waals surface area (Å²) < 4.78 is 2.85. The molecule has 0 aliphatic rings. The average Bonchev–Trinajstić information content (AvgIpc) is 2.73. The van der Waals surface area contributed by atoms with Crippen molar-refractivity contribution in [3.8, 4) is 11.1 Å². The molecular weight excluding hydrogens is 302 g/mol. The van der Waals surface area contributed by atoms with E-state index in [1.54, 1.807) is 4.68 Å². The van der Waals surface area contributed by atoms with Gasteiger partial charge in [-0.25, -0.2) is 0 Å². The van der Waals surface area contributed by atoms with E-state index in [-0.39, 0.29) is 0 Å². The Balaban J connectivity index is 2.41. The van der Waals surface area contributed by atoms with Gasteiger partial charge in [-0.2, -0.15) is 5.10 Å². The van der Waals surface area contributed by atoms with Gasteiger partial charge < -0.3 is 5.73 Å². The van der Waals surface area contributed by atoms with E-state index < -0.39 is 0 Å². The number of nitrogens with two attached hydrogens (primary N) is 1. The lowest BCUT2D eigenvalue weighted by molar-refractivity contribution is 0.639. The Labute approximate surface area is 122 Å². The first-order valence-corrected chi connectivity index (χ1v) is 7.45. The van der Waals surface area contributed by atoms with E-state index >= 15 is 0 Å².